The molecule has 1 N–H and O–H groups in total. The van der Waals surface area contributed by atoms with Crippen molar-refractivity contribution >= 4 is 11.9 Å². The Morgan fingerprint density at radius 1 is 1.15 bits per heavy atom. The lowest BCUT2D eigenvalue weighted by atomic mass is 9.80. The minimum atomic E-state index is -0.303. The summed E-state index contributed by atoms with van der Waals surface area (Å²) in [5.74, 6) is -0.368. The third-order valence-corrected chi connectivity index (χ3v) is 4.21. The van der Waals surface area contributed by atoms with Crippen molar-refractivity contribution in [3.63, 3.8) is 0 Å². The minimum Gasteiger partial charge on any atom is -0.466 e. The summed E-state index contributed by atoms with van der Waals surface area (Å²) in [6.07, 6.45) is 6.34. The number of carbonyl (C=O) groups is 2. The SMILES string of the molecule is CCOC(=O)CCC(=O)NCC1(N(C)C)CCCCC1. The third kappa shape index (κ3) is 5.12. The van der Waals surface area contributed by atoms with Gasteiger partial charge in [0.2, 0.25) is 5.91 Å². The second kappa shape index (κ2) is 8.25. The predicted octanol–water partition coefficient (Wildman–Crippen LogP) is 1.71. The molecule has 0 heterocycles. The molecule has 1 aliphatic rings. The molecule has 5 nitrogen and oxygen atoms in total. The molecular weight excluding hydrogens is 256 g/mol. The van der Waals surface area contributed by atoms with Crippen LogP contribution in [0.25, 0.3) is 0 Å². The number of amides is 1. The zero-order valence-electron chi connectivity index (χ0n) is 13.0. The van der Waals surface area contributed by atoms with E-state index in [1.807, 2.05) is 0 Å². The van der Waals surface area contributed by atoms with E-state index in [1.165, 1.54) is 19.3 Å². The first-order chi connectivity index (χ1) is 9.50. The first kappa shape index (κ1) is 17.0. The van der Waals surface area contributed by atoms with E-state index in [-0.39, 0.29) is 30.3 Å². The minimum absolute atomic E-state index is 0.0650. The Kier molecular flexibility index (Phi) is 6.99. The molecule has 0 aromatic heterocycles. The first-order valence-electron chi connectivity index (χ1n) is 7.60. The highest BCUT2D eigenvalue weighted by Gasteiger charge is 2.34. The van der Waals surface area contributed by atoms with E-state index in [0.717, 1.165) is 12.8 Å². The van der Waals surface area contributed by atoms with E-state index in [0.29, 0.717) is 13.2 Å². The number of hydrogen-bond acceptors (Lipinski definition) is 4. The number of nitrogens with one attached hydrogen (secondary N) is 1. The van der Waals surface area contributed by atoms with Gasteiger partial charge in [0.15, 0.2) is 0 Å². The quantitative estimate of drug-likeness (QED) is 0.723. The van der Waals surface area contributed by atoms with Crippen LogP contribution in [0.4, 0.5) is 0 Å². The van der Waals surface area contributed by atoms with Gasteiger partial charge < -0.3 is 15.0 Å². The summed E-state index contributed by atoms with van der Waals surface area (Å²) in [6, 6.07) is 0. The highest BCUT2D eigenvalue weighted by molar-refractivity contribution is 5.81. The van der Waals surface area contributed by atoms with Crippen LogP contribution in [0, 0.1) is 0 Å². The summed E-state index contributed by atoms with van der Waals surface area (Å²) in [6.45, 7) is 2.80. The van der Waals surface area contributed by atoms with Gasteiger partial charge in [-0.05, 0) is 33.9 Å². The molecule has 0 spiro atoms. The van der Waals surface area contributed by atoms with Gasteiger partial charge in [-0.15, -0.1) is 0 Å². The molecule has 1 amide bonds. The van der Waals surface area contributed by atoms with Crippen LogP contribution < -0.4 is 5.32 Å². The van der Waals surface area contributed by atoms with Gasteiger partial charge >= 0.3 is 5.97 Å². The summed E-state index contributed by atoms with van der Waals surface area (Å²) in [7, 11) is 4.16. The molecule has 0 aromatic rings. The lowest BCUT2D eigenvalue weighted by Gasteiger charge is -2.43. The predicted molar refractivity (Wildman–Crippen MR) is 78.4 cm³/mol. The summed E-state index contributed by atoms with van der Waals surface area (Å²) in [5.41, 5.74) is 0.0812. The molecule has 0 aromatic carbocycles. The van der Waals surface area contributed by atoms with Crippen LogP contribution in [0.5, 0.6) is 0 Å². The molecule has 1 aliphatic carbocycles. The summed E-state index contributed by atoms with van der Waals surface area (Å²) < 4.78 is 4.82. The zero-order chi connectivity index (χ0) is 15.0. The molecule has 0 atom stereocenters. The van der Waals surface area contributed by atoms with Crippen molar-refractivity contribution in [1.82, 2.24) is 10.2 Å². The van der Waals surface area contributed by atoms with Crippen LogP contribution in [0.15, 0.2) is 0 Å². The summed E-state index contributed by atoms with van der Waals surface area (Å²) in [4.78, 5) is 25.3. The molecule has 1 rings (SSSR count). The van der Waals surface area contributed by atoms with Crippen molar-refractivity contribution in [1.29, 1.82) is 0 Å². The largest absolute Gasteiger partial charge is 0.466 e. The second-order valence-electron chi connectivity index (χ2n) is 5.76. The normalized spacial score (nSPS) is 17.8. The lowest BCUT2D eigenvalue weighted by molar-refractivity contribution is -0.144. The number of ether oxygens (including phenoxy) is 1. The zero-order valence-corrected chi connectivity index (χ0v) is 13.0. The van der Waals surface area contributed by atoms with Crippen molar-refractivity contribution in [3.05, 3.63) is 0 Å². The van der Waals surface area contributed by atoms with Crippen LogP contribution >= 0.6 is 0 Å². The number of esters is 1. The van der Waals surface area contributed by atoms with Crippen molar-refractivity contribution in [2.24, 2.45) is 0 Å². The van der Waals surface area contributed by atoms with Crippen LogP contribution in [0.1, 0.15) is 51.9 Å². The summed E-state index contributed by atoms with van der Waals surface area (Å²) in [5, 5.41) is 2.98. The molecule has 1 saturated carbocycles. The highest BCUT2D eigenvalue weighted by atomic mass is 16.5. The average Bonchev–Trinajstić information content (AvgIpc) is 2.44. The van der Waals surface area contributed by atoms with Gasteiger partial charge in [0.25, 0.3) is 0 Å². The van der Waals surface area contributed by atoms with Gasteiger partial charge in [-0.3, -0.25) is 9.59 Å². The lowest BCUT2D eigenvalue weighted by Crippen LogP contribution is -2.53. The molecule has 0 unspecified atom stereocenters. The number of rotatable bonds is 7. The van der Waals surface area contributed by atoms with E-state index in [1.54, 1.807) is 6.92 Å². The van der Waals surface area contributed by atoms with Gasteiger partial charge in [0.1, 0.15) is 0 Å². The molecule has 0 saturated heterocycles. The summed E-state index contributed by atoms with van der Waals surface area (Å²) >= 11 is 0. The van der Waals surface area contributed by atoms with E-state index in [9.17, 15) is 9.59 Å². The monoisotopic (exact) mass is 284 g/mol. The second-order valence-corrected chi connectivity index (χ2v) is 5.76. The average molecular weight is 284 g/mol. The number of nitrogens with zero attached hydrogens (tertiary/aromatic N) is 1. The Morgan fingerprint density at radius 2 is 1.80 bits per heavy atom. The molecule has 116 valence electrons. The molecule has 20 heavy (non-hydrogen) atoms. The van der Waals surface area contributed by atoms with Crippen molar-refractivity contribution in [3.8, 4) is 0 Å². The van der Waals surface area contributed by atoms with Crippen LogP contribution in [-0.4, -0.2) is 49.6 Å². The van der Waals surface area contributed by atoms with E-state index in [4.69, 9.17) is 4.74 Å². The standard InChI is InChI=1S/C15H28N2O3/c1-4-20-14(19)9-8-13(18)16-12-15(17(2)3)10-6-5-7-11-15/h4-12H2,1-3H3,(H,16,18). The van der Waals surface area contributed by atoms with Crippen molar-refractivity contribution in [2.75, 3.05) is 27.2 Å². The Hall–Kier alpha value is -1.10. The van der Waals surface area contributed by atoms with Gasteiger partial charge in [0.05, 0.1) is 13.0 Å². The van der Waals surface area contributed by atoms with Gasteiger partial charge in [-0.2, -0.15) is 0 Å². The van der Waals surface area contributed by atoms with Crippen molar-refractivity contribution in [2.45, 2.75) is 57.4 Å². The van der Waals surface area contributed by atoms with Gasteiger partial charge in [-0.25, -0.2) is 0 Å². The highest BCUT2D eigenvalue weighted by Crippen LogP contribution is 2.31. The molecule has 0 radical (unpaired) electrons. The molecule has 0 aliphatic heterocycles. The maximum atomic E-state index is 11.8. The number of likely N-dealkylation sites (N-methyl/N-ethyl adjacent to an activating group) is 1. The topological polar surface area (TPSA) is 58.6 Å². The maximum absolute atomic E-state index is 11.8. The number of hydrogen-bond donors (Lipinski definition) is 1. The van der Waals surface area contributed by atoms with Crippen molar-refractivity contribution < 1.29 is 14.3 Å². The van der Waals surface area contributed by atoms with Crippen LogP contribution in [-0.2, 0) is 14.3 Å². The molecular formula is C15H28N2O3. The van der Waals surface area contributed by atoms with E-state index in [2.05, 4.69) is 24.3 Å². The number of carbonyl (C=O) groups excluding carboxylic acids is 2. The van der Waals surface area contributed by atoms with Crippen LogP contribution in [0.3, 0.4) is 0 Å². The Balaban J connectivity index is 2.36. The Bertz CT molecular complexity index is 323. The fourth-order valence-corrected chi connectivity index (χ4v) is 2.79. The fraction of sp³-hybridized carbons (Fsp3) is 0.867. The Labute approximate surface area is 122 Å². The van der Waals surface area contributed by atoms with E-state index >= 15 is 0 Å². The first-order valence-corrected chi connectivity index (χ1v) is 7.60. The molecule has 1 fully saturated rings. The van der Waals surface area contributed by atoms with Crippen LogP contribution in [0.2, 0.25) is 0 Å². The maximum Gasteiger partial charge on any atom is 0.306 e. The Morgan fingerprint density at radius 3 is 2.35 bits per heavy atom. The van der Waals surface area contributed by atoms with E-state index < -0.39 is 0 Å². The van der Waals surface area contributed by atoms with Gasteiger partial charge in [0, 0.05) is 18.5 Å². The third-order valence-electron chi connectivity index (χ3n) is 4.21. The van der Waals surface area contributed by atoms with Gasteiger partial charge in [-0.1, -0.05) is 19.3 Å². The fourth-order valence-electron chi connectivity index (χ4n) is 2.79. The molecule has 5 heteroatoms. The molecule has 0 bridgehead atoms. The smallest absolute Gasteiger partial charge is 0.306 e.